The highest BCUT2D eigenvalue weighted by Gasteiger charge is 2.17. The number of hydrogen-bond donors (Lipinski definition) is 0. The highest BCUT2D eigenvalue weighted by Crippen LogP contribution is 2.41. The quantitative estimate of drug-likeness (QED) is 0.190. The van der Waals surface area contributed by atoms with Crippen LogP contribution in [-0.2, 0) is 0 Å². The lowest BCUT2D eigenvalue weighted by molar-refractivity contribution is 0.668. The second-order valence-corrected chi connectivity index (χ2v) is 12.5. The molecule has 0 aliphatic rings. The fraction of sp³-hybridized carbons (Fsp3) is 0. The van der Waals surface area contributed by atoms with E-state index in [0.717, 1.165) is 83.2 Å². The Labute approximate surface area is 282 Å². The Morgan fingerprint density at radius 1 is 0.306 bits per heavy atom. The number of furan rings is 2. The van der Waals surface area contributed by atoms with E-state index in [1.807, 2.05) is 24.3 Å². The van der Waals surface area contributed by atoms with Gasteiger partial charge >= 0.3 is 0 Å². The van der Waals surface area contributed by atoms with Crippen LogP contribution in [0.5, 0.6) is 0 Å². The molecule has 2 heterocycles. The number of anilines is 3. The first kappa shape index (κ1) is 27.5. The van der Waals surface area contributed by atoms with Gasteiger partial charge in [0.05, 0.1) is 5.69 Å². The molecule has 0 bridgehead atoms. The SMILES string of the molecule is c1ccc2c(N(c3ccc(-c4ccc5oc6ccccc6c5c4)cc3)c3ccc(-c4ccc5oc6ccccc6c5c4)cc3)cccc2c1. The van der Waals surface area contributed by atoms with Gasteiger partial charge in [0.2, 0.25) is 0 Å². The van der Waals surface area contributed by atoms with Crippen LogP contribution in [0.3, 0.4) is 0 Å². The molecule has 0 fully saturated rings. The molecule has 0 atom stereocenters. The molecule has 230 valence electrons. The first-order valence-corrected chi connectivity index (χ1v) is 16.6. The van der Waals surface area contributed by atoms with Crippen LogP contribution in [0, 0.1) is 0 Å². The molecule has 3 nitrogen and oxygen atoms in total. The van der Waals surface area contributed by atoms with E-state index in [4.69, 9.17) is 8.83 Å². The fourth-order valence-corrected chi connectivity index (χ4v) is 7.25. The van der Waals surface area contributed by atoms with Gasteiger partial charge < -0.3 is 13.7 Å². The van der Waals surface area contributed by atoms with Crippen molar-refractivity contribution in [3.8, 4) is 22.3 Å². The third-order valence-electron chi connectivity index (χ3n) is 9.68. The van der Waals surface area contributed by atoms with Crippen molar-refractivity contribution < 1.29 is 8.83 Å². The van der Waals surface area contributed by atoms with Gasteiger partial charge in [0.25, 0.3) is 0 Å². The van der Waals surface area contributed by atoms with Crippen molar-refractivity contribution >= 4 is 71.7 Å². The summed E-state index contributed by atoms with van der Waals surface area (Å²) in [5.41, 5.74) is 11.6. The number of benzene rings is 8. The van der Waals surface area contributed by atoms with Gasteiger partial charge in [-0.15, -0.1) is 0 Å². The second-order valence-electron chi connectivity index (χ2n) is 12.5. The van der Waals surface area contributed by atoms with E-state index in [9.17, 15) is 0 Å². The Balaban J connectivity index is 1.06. The van der Waals surface area contributed by atoms with Gasteiger partial charge in [-0.3, -0.25) is 0 Å². The summed E-state index contributed by atoms with van der Waals surface area (Å²) in [4.78, 5) is 2.36. The fourth-order valence-electron chi connectivity index (χ4n) is 7.25. The average molecular weight is 628 g/mol. The molecule has 0 unspecified atom stereocenters. The molecule has 8 aromatic carbocycles. The van der Waals surface area contributed by atoms with Crippen LogP contribution in [0.4, 0.5) is 17.1 Å². The van der Waals surface area contributed by atoms with Crippen molar-refractivity contribution in [3.05, 3.63) is 176 Å². The molecule has 0 radical (unpaired) electrons. The van der Waals surface area contributed by atoms with Gasteiger partial charge in [-0.25, -0.2) is 0 Å². The number of hydrogen-bond acceptors (Lipinski definition) is 3. The molecule has 2 aromatic heterocycles. The molecule has 0 amide bonds. The Bertz CT molecular complexity index is 2660. The highest BCUT2D eigenvalue weighted by molar-refractivity contribution is 6.07. The van der Waals surface area contributed by atoms with Gasteiger partial charge in [0, 0.05) is 38.3 Å². The van der Waals surface area contributed by atoms with Crippen LogP contribution in [0.2, 0.25) is 0 Å². The maximum absolute atomic E-state index is 6.08. The largest absolute Gasteiger partial charge is 0.456 e. The van der Waals surface area contributed by atoms with Crippen LogP contribution < -0.4 is 4.90 Å². The smallest absolute Gasteiger partial charge is 0.135 e. The maximum Gasteiger partial charge on any atom is 0.135 e. The van der Waals surface area contributed by atoms with Crippen molar-refractivity contribution in [1.82, 2.24) is 0 Å². The summed E-state index contributed by atoms with van der Waals surface area (Å²) in [6, 6.07) is 62.3. The van der Waals surface area contributed by atoms with Crippen LogP contribution in [0.15, 0.2) is 185 Å². The normalized spacial score (nSPS) is 11.7. The van der Waals surface area contributed by atoms with Crippen LogP contribution in [0.25, 0.3) is 76.9 Å². The number of nitrogens with zero attached hydrogens (tertiary/aromatic N) is 1. The van der Waals surface area contributed by atoms with Gasteiger partial charge in [0.15, 0.2) is 0 Å². The monoisotopic (exact) mass is 627 g/mol. The van der Waals surface area contributed by atoms with Crippen molar-refractivity contribution in [3.63, 3.8) is 0 Å². The summed E-state index contributed by atoms with van der Waals surface area (Å²) in [7, 11) is 0. The van der Waals surface area contributed by atoms with E-state index < -0.39 is 0 Å². The molecular formula is C46H29NO2. The summed E-state index contributed by atoms with van der Waals surface area (Å²) in [5, 5.41) is 6.95. The molecule has 0 aliphatic carbocycles. The molecule has 10 rings (SSSR count). The van der Waals surface area contributed by atoms with Gasteiger partial charge in [-0.2, -0.15) is 0 Å². The molecule has 49 heavy (non-hydrogen) atoms. The Hall–Kier alpha value is -6.58. The van der Waals surface area contributed by atoms with E-state index in [2.05, 4.69) is 157 Å². The number of para-hydroxylation sites is 2. The van der Waals surface area contributed by atoms with Gasteiger partial charge in [-0.1, -0.05) is 109 Å². The number of rotatable bonds is 5. The average Bonchev–Trinajstić information content (AvgIpc) is 3.73. The molecule has 0 spiro atoms. The van der Waals surface area contributed by atoms with Gasteiger partial charge in [0.1, 0.15) is 22.3 Å². The zero-order valence-electron chi connectivity index (χ0n) is 26.5. The zero-order chi connectivity index (χ0) is 32.3. The lowest BCUT2D eigenvalue weighted by atomic mass is 10.0. The molecule has 0 saturated carbocycles. The molecule has 0 saturated heterocycles. The van der Waals surface area contributed by atoms with E-state index in [-0.39, 0.29) is 0 Å². The molecule has 10 aromatic rings. The van der Waals surface area contributed by atoms with Crippen LogP contribution in [0.1, 0.15) is 0 Å². The Kier molecular flexibility index (Phi) is 6.18. The summed E-state index contributed by atoms with van der Waals surface area (Å²) in [6.07, 6.45) is 0. The van der Waals surface area contributed by atoms with E-state index in [1.54, 1.807) is 0 Å². The first-order chi connectivity index (χ1) is 24.3. The summed E-state index contributed by atoms with van der Waals surface area (Å²) in [6.45, 7) is 0. The minimum atomic E-state index is 0.908. The predicted molar refractivity (Wildman–Crippen MR) is 204 cm³/mol. The molecule has 0 aliphatic heterocycles. The van der Waals surface area contributed by atoms with E-state index in [1.165, 1.54) is 10.8 Å². The van der Waals surface area contributed by atoms with Gasteiger partial charge in [-0.05, 0) is 94.4 Å². The lowest BCUT2D eigenvalue weighted by Gasteiger charge is -2.27. The van der Waals surface area contributed by atoms with Crippen LogP contribution in [-0.4, -0.2) is 0 Å². The van der Waals surface area contributed by atoms with Crippen molar-refractivity contribution in [2.75, 3.05) is 4.90 Å². The number of fused-ring (bicyclic) bond motifs is 7. The van der Waals surface area contributed by atoms with Crippen molar-refractivity contribution in [2.45, 2.75) is 0 Å². The Morgan fingerprint density at radius 2 is 0.735 bits per heavy atom. The second kappa shape index (κ2) is 11.0. The summed E-state index contributed by atoms with van der Waals surface area (Å²) < 4.78 is 12.2. The minimum absolute atomic E-state index is 0.908. The highest BCUT2D eigenvalue weighted by atomic mass is 16.3. The minimum Gasteiger partial charge on any atom is -0.456 e. The summed E-state index contributed by atoms with van der Waals surface area (Å²) >= 11 is 0. The standard InChI is InChI=1S/C46H29NO2/c1-2-10-37-32(8-1)9-7-13-42(37)47(35-22-16-30(17-23-35)33-20-26-45-40(28-33)38-11-3-5-14-43(38)48-45)36-24-18-31(19-25-36)34-21-27-46-41(29-34)39-12-4-6-15-44(39)49-46/h1-29H. The molecule has 0 N–H and O–H groups in total. The lowest BCUT2D eigenvalue weighted by Crippen LogP contribution is -2.10. The molecular weight excluding hydrogens is 599 g/mol. The first-order valence-electron chi connectivity index (χ1n) is 16.6. The van der Waals surface area contributed by atoms with Crippen molar-refractivity contribution in [2.24, 2.45) is 0 Å². The van der Waals surface area contributed by atoms with E-state index in [0.29, 0.717) is 0 Å². The zero-order valence-corrected chi connectivity index (χ0v) is 26.5. The predicted octanol–water partition coefficient (Wildman–Crippen LogP) is 13.4. The van der Waals surface area contributed by atoms with Crippen LogP contribution >= 0.6 is 0 Å². The topological polar surface area (TPSA) is 29.5 Å². The van der Waals surface area contributed by atoms with Crippen molar-refractivity contribution in [1.29, 1.82) is 0 Å². The maximum atomic E-state index is 6.08. The summed E-state index contributed by atoms with van der Waals surface area (Å²) in [5.74, 6) is 0. The third kappa shape index (κ3) is 4.59. The van der Waals surface area contributed by atoms with E-state index >= 15 is 0 Å². The molecule has 3 heteroatoms. The Morgan fingerprint density at radius 3 is 1.29 bits per heavy atom. The third-order valence-corrected chi connectivity index (χ3v) is 9.68.